The smallest absolute Gasteiger partial charge is 0.302 e. The number of unbranched alkanes of at least 4 members (excludes halogenated alkanes) is 1. The molecule has 0 N–H and O–H groups in total. The quantitative estimate of drug-likeness (QED) is 0.518. The molecule has 0 amide bonds. The average Bonchev–Trinajstić information content (AvgIpc) is 2.12. The van der Waals surface area contributed by atoms with Gasteiger partial charge in [0.05, 0.1) is 6.42 Å². The number of aliphatic imine (C=N–C) groups is 1. The molecule has 0 spiro atoms. The van der Waals surface area contributed by atoms with Crippen LogP contribution < -0.4 is 0 Å². The molecular formula is C11H19NO3. The van der Waals surface area contributed by atoms with E-state index in [0.29, 0.717) is 6.61 Å². The number of carbonyl (C=O) groups excluding carboxylic acids is 1. The second-order valence-corrected chi connectivity index (χ2v) is 4.14. The molecule has 0 aliphatic carbocycles. The van der Waals surface area contributed by atoms with E-state index in [1.165, 1.54) is 6.92 Å². The van der Waals surface area contributed by atoms with Gasteiger partial charge in [0.25, 0.3) is 0 Å². The summed E-state index contributed by atoms with van der Waals surface area (Å²) >= 11 is 0. The molecule has 0 aromatic rings. The number of rotatable bonds is 5. The molecule has 1 unspecified atom stereocenters. The summed E-state index contributed by atoms with van der Waals surface area (Å²) in [6, 6.07) is 0. The van der Waals surface area contributed by atoms with Gasteiger partial charge in [0.15, 0.2) is 11.5 Å². The van der Waals surface area contributed by atoms with Gasteiger partial charge in [-0.3, -0.25) is 9.79 Å². The Balaban J connectivity index is 2.22. The Morgan fingerprint density at radius 3 is 2.87 bits per heavy atom. The van der Waals surface area contributed by atoms with E-state index in [1.807, 2.05) is 6.92 Å². The zero-order chi connectivity index (χ0) is 11.3. The molecule has 0 radical (unpaired) electrons. The van der Waals surface area contributed by atoms with Crippen molar-refractivity contribution >= 4 is 11.9 Å². The Morgan fingerprint density at radius 1 is 1.67 bits per heavy atom. The fraction of sp³-hybridized carbons (Fsp3) is 0.818. The summed E-state index contributed by atoms with van der Waals surface area (Å²) in [6.45, 7) is 6.60. The first-order chi connectivity index (χ1) is 7.06. The van der Waals surface area contributed by atoms with E-state index in [-0.39, 0.29) is 11.6 Å². The molecule has 1 fully saturated rings. The van der Waals surface area contributed by atoms with Crippen LogP contribution in [0.4, 0.5) is 0 Å². The maximum Gasteiger partial charge on any atom is 0.302 e. The Kier molecular flexibility index (Phi) is 4.12. The second kappa shape index (κ2) is 5.14. The molecule has 1 aliphatic heterocycles. The SMILES string of the molecule is CCCCN=C1CC(C)(COC(C)=O)O1. The number of ether oxygens (including phenoxy) is 2. The Bertz CT molecular complexity index is 253. The van der Waals surface area contributed by atoms with E-state index in [9.17, 15) is 4.79 Å². The van der Waals surface area contributed by atoms with Crippen LogP contribution in [-0.2, 0) is 14.3 Å². The highest BCUT2D eigenvalue weighted by Gasteiger charge is 2.40. The summed E-state index contributed by atoms with van der Waals surface area (Å²) in [5, 5.41) is 0. The van der Waals surface area contributed by atoms with Crippen LogP contribution in [0, 0.1) is 0 Å². The third-order valence-electron chi connectivity index (χ3n) is 2.27. The lowest BCUT2D eigenvalue weighted by atomic mass is 9.97. The topological polar surface area (TPSA) is 47.9 Å². The number of nitrogens with zero attached hydrogens (tertiary/aromatic N) is 1. The van der Waals surface area contributed by atoms with Crippen LogP contribution in [0.25, 0.3) is 0 Å². The van der Waals surface area contributed by atoms with Crippen molar-refractivity contribution < 1.29 is 14.3 Å². The van der Waals surface area contributed by atoms with Gasteiger partial charge >= 0.3 is 5.97 Å². The van der Waals surface area contributed by atoms with Crippen molar-refractivity contribution in [2.24, 2.45) is 4.99 Å². The third-order valence-corrected chi connectivity index (χ3v) is 2.27. The fourth-order valence-electron chi connectivity index (χ4n) is 1.38. The first-order valence-electron chi connectivity index (χ1n) is 5.41. The van der Waals surface area contributed by atoms with E-state index in [4.69, 9.17) is 9.47 Å². The first kappa shape index (κ1) is 12.0. The number of carbonyl (C=O) groups is 1. The van der Waals surface area contributed by atoms with Gasteiger partial charge < -0.3 is 9.47 Å². The second-order valence-electron chi connectivity index (χ2n) is 4.14. The molecule has 4 heteroatoms. The molecule has 1 atom stereocenters. The van der Waals surface area contributed by atoms with Crippen LogP contribution in [0.3, 0.4) is 0 Å². The molecule has 15 heavy (non-hydrogen) atoms. The van der Waals surface area contributed by atoms with E-state index in [0.717, 1.165) is 31.7 Å². The summed E-state index contributed by atoms with van der Waals surface area (Å²) in [4.78, 5) is 14.9. The number of esters is 1. The predicted octanol–water partition coefficient (Wildman–Crippen LogP) is 1.93. The van der Waals surface area contributed by atoms with Gasteiger partial charge in [0.2, 0.25) is 0 Å². The summed E-state index contributed by atoms with van der Waals surface area (Å²) in [5.74, 6) is 0.522. The van der Waals surface area contributed by atoms with Crippen molar-refractivity contribution in [3.8, 4) is 0 Å². The minimum absolute atomic E-state index is 0.267. The Morgan fingerprint density at radius 2 is 2.33 bits per heavy atom. The van der Waals surface area contributed by atoms with Gasteiger partial charge in [-0.15, -0.1) is 0 Å². The monoisotopic (exact) mass is 213 g/mol. The molecular weight excluding hydrogens is 194 g/mol. The highest BCUT2D eigenvalue weighted by Crippen LogP contribution is 2.28. The minimum Gasteiger partial charge on any atom is -0.471 e. The zero-order valence-electron chi connectivity index (χ0n) is 9.71. The maximum atomic E-state index is 10.6. The van der Waals surface area contributed by atoms with Gasteiger partial charge in [0, 0.05) is 13.5 Å². The van der Waals surface area contributed by atoms with E-state index >= 15 is 0 Å². The molecule has 1 heterocycles. The summed E-state index contributed by atoms with van der Waals surface area (Å²) in [6.07, 6.45) is 3.00. The van der Waals surface area contributed by atoms with E-state index in [2.05, 4.69) is 11.9 Å². The molecule has 4 nitrogen and oxygen atoms in total. The molecule has 0 aromatic heterocycles. The lowest BCUT2D eigenvalue weighted by molar-refractivity contribution is -0.150. The largest absolute Gasteiger partial charge is 0.471 e. The van der Waals surface area contributed by atoms with Crippen LogP contribution >= 0.6 is 0 Å². The molecule has 86 valence electrons. The van der Waals surface area contributed by atoms with Crippen molar-refractivity contribution in [1.29, 1.82) is 0 Å². The molecule has 1 aliphatic rings. The maximum absolute atomic E-state index is 10.6. The van der Waals surface area contributed by atoms with Crippen LogP contribution in [0.15, 0.2) is 4.99 Å². The number of hydrogen-bond acceptors (Lipinski definition) is 4. The molecule has 1 saturated heterocycles. The van der Waals surface area contributed by atoms with Crippen LogP contribution in [0.2, 0.25) is 0 Å². The zero-order valence-corrected chi connectivity index (χ0v) is 9.71. The highest BCUT2D eigenvalue weighted by atomic mass is 16.6. The normalized spacial score (nSPS) is 27.0. The fourth-order valence-corrected chi connectivity index (χ4v) is 1.38. The molecule has 1 rings (SSSR count). The summed E-state index contributed by atoms with van der Waals surface area (Å²) in [5.41, 5.74) is -0.350. The standard InChI is InChI=1S/C11H19NO3/c1-4-5-6-12-10-7-11(3,15-10)8-14-9(2)13/h4-8H2,1-3H3. The van der Waals surface area contributed by atoms with Crippen LogP contribution in [-0.4, -0.2) is 30.6 Å². The van der Waals surface area contributed by atoms with Crippen molar-refractivity contribution in [3.63, 3.8) is 0 Å². The van der Waals surface area contributed by atoms with Gasteiger partial charge in [-0.1, -0.05) is 13.3 Å². The lowest BCUT2D eigenvalue weighted by Crippen LogP contribution is -2.49. The van der Waals surface area contributed by atoms with Gasteiger partial charge in [0.1, 0.15) is 6.61 Å². The summed E-state index contributed by atoms with van der Waals surface area (Å²) < 4.78 is 10.4. The van der Waals surface area contributed by atoms with E-state index < -0.39 is 0 Å². The van der Waals surface area contributed by atoms with Crippen molar-refractivity contribution in [2.75, 3.05) is 13.2 Å². The van der Waals surface area contributed by atoms with Crippen LogP contribution in [0.5, 0.6) is 0 Å². The minimum atomic E-state index is -0.350. The van der Waals surface area contributed by atoms with E-state index in [1.54, 1.807) is 0 Å². The molecule has 0 bridgehead atoms. The highest BCUT2D eigenvalue weighted by molar-refractivity contribution is 5.82. The van der Waals surface area contributed by atoms with Gasteiger partial charge in [-0.2, -0.15) is 0 Å². The number of hydrogen-bond donors (Lipinski definition) is 0. The third kappa shape index (κ3) is 3.90. The lowest BCUT2D eigenvalue weighted by Gasteiger charge is -2.39. The first-order valence-corrected chi connectivity index (χ1v) is 5.41. The van der Waals surface area contributed by atoms with Crippen molar-refractivity contribution in [3.05, 3.63) is 0 Å². The Labute approximate surface area is 90.7 Å². The Hall–Kier alpha value is -1.06. The van der Waals surface area contributed by atoms with Gasteiger partial charge in [-0.25, -0.2) is 0 Å². The molecule has 0 saturated carbocycles. The summed E-state index contributed by atoms with van der Waals surface area (Å²) in [7, 11) is 0. The van der Waals surface area contributed by atoms with Crippen molar-refractivity contribution in [2.45, 2.75) is 45.6 Å². The molecule has 0 aromatic carbocycles. The average molecular weight is 213 g/mol. The predicted molar refractivity (Wildman–Crippen MR) is 58.0 cm³/mol. The van der Waals surface area contributed by atoms with Crippen LogP contribution in [0.1, 0.15) is 40.0 Å². The van der Waals surface area contributed by atoms with Crippen molar-refractivity contribution in [1.82, 2.24) is 0 Å². The van der Waals surface area contributed by atoms with Gasteiger partial charge in [-0.05, 0) is 13.3 Å².